The number of amides is 1. The van der Waals surface area contributed by atoms with E-state index in [1.54, 1.807) is 31.2 Å². The molecule has 0 radical (unpaired) electrons. The maximum atomic E-state index is 13.2. The zero-order valence-corrected chi connectivity index (χ0v) is 22.1. The number of likely N-dealkylation sites (tertiary alicyclic amines) is 1. The number of phenolic OH excluding ortho intramolecular Hbond substituents is 1. The summed E-state index contributed by atoms with van der Waals surface area (Å²) < 4.78 is 21.7. The van der Waals surface area contributed by atoms with Gasteiger partial charge >= 0.3 is 0 Å². The van der Waals surface area contributed by atoms with Gasteiger partial charge in [-0.05, 0) is 66.8 Å². The van der Waals surface area contributed by atoms with Crippen LogP contribution in [0.15, 0.2) is 47.4 Å². The molecule has 2 aliphatic carbocycles. The number of nitrogens with zero attached hydrogens (tertiary/aromatic N) is 1. The van der Waals surface area contributed by atoms with Gasteiger partial charge in [0.15, 0.2) is 0 Å². The first kappa shape index (κ1) is 25.7. The lowest BCUT2D eigenvalue weighted by Crippen LogP contribution is -2.65. The Morgan fingerprint density at radius 2 is 1.71 bits per heavy atom. The number of primary sulfonamides is 1. The van der Waals surface area contributed by atoms with E-state index in [0.717, 1.165) is 37.8 Å². The zero-order chi connectivity index (χ0) is 25.6. The molecule has 190 valence electrons. The summed E-state index contributed by atoms with van der Waals surface area (Å²) in [5.74, 6) is 0.997. The van der Waals surface area contributed by atoms with Gasteiger partial charge in [0.05, 0.1) is 4.90 Å². The number of fused-ring (bicyclic) bond motifs is 4. The zero-order valence-electron chi connectivity index (χ0n) is 21.3. The summed E-state index contributed by atoms with van der Waals surface area (Å²) in [6.45, 7) is 9.53. The Kier molecular flexibility index (Phi) is 6.79. The lowest BCUT2D eigenvalue weighted by Gasteiger charge is -2.61. The third-order valence-corrected chi connectivity index (χ3v) is 10.1. The van der Waals surface area contributed by atoms with Crippen LogP contribution in [-0.2, 0) is 26.7 Å². The van der Waals surface area contributed by atoms with Crippen molar-refractivity contribution in [1.29, 1.82) is 0 Å². The van der Waals surface area contributed by atoms with Crippen molar-refractivity contribution in [3.05, 3.63) is 59.2 Å². The number of nitrogens with two attached hydrogens (primary N) is 1. The van der Waals surface area contributed by atoms with Gasteiger partial charge in [0.25, 0.3) is 0 Å². The summed E-state index contributed by atoms with van der Waals surface area (Å²) in [7, 11) is -3.53. The van der Waals surface area contributed by atoms with E-state index in [0.29, 0.717) is 17.2 Å². The number of rotatable bonds is 2. The van der Waals surface area contributed by atoms with Crippen LogP contribution < -0.4 is 5.14 Å². The molecule has 35 heavy (non-hydrogen) atoms. The smallest absolute Gasteiger partial charge is 0.238 e. The van der Waals surface area contributed by atoms with Gasteiger partial charge in [0.1, 0.15) is 5.75 Å². The topological polar surface area (TPSA) is 101 Å². The number of hydrogen-bond donors (Lipinski definition) is 2. The van der Waals surface area contributed by atoms with Crippen LogP contribution in [0.2, 0.25) is 0 Å². The van der Waals surface area contributed by atoms with Crippen molar-refractivity contribution in [2.24, 2.45) is 16.5 Å². The fourth-order valence-corrected chi connectivity index (χ4v) is 7.26. The Hall–Kier alpha value is -2.38. The highest BCUT2D eigenvalue weighted by atomic mass is 32.2. The van der Waals surface area contributed by atoms with Gasteiger partial charge in [0.2, 0.25) is 15.9 Å². The van der Waals surface area contributed by atoms with Gasteiger partial charge in [-0.2, -0.15) is 0 Å². The molecule has 7 heteroatoms. The van der Waals surface area contributed by atoms with E-state index >= 15 is 0 Å². The first-order valence-corrected chi connectivity index (χ1v) is 14.1. The second-order valence-corrected chi connectivity index (χ2v) is 12.7. The fraction of sp³-hybridized carbons (Fsp3) is 0.536. The second-order valence-electron chi connectivity index (χ2n) is 11.2. The van der Waals surface area contributed by atoms with Crippen molar-refractivity contribution < 1.29 is 18.3 Å². The second kappa shape index (κ2) is 9.25. The van der Waals surface area contributed by atoms with Gasteiger partial charge in [-0.25, -0.2) is 13.6 Å². The van der Waals surface area contributed by atoms with Crippen molar-refractivity contribution in [2.75, 3.05) is 6.54 Å². The molecule has 2 aromatic carbocycles. The predicted octanol–water partition coefficient (Wildman–Crippen LogP) is 4.67. The molecule has 0 unspecified atom stereocenters. The summed E-state index contributed by atoms with van der Waals surface area (Å²) in [6.07, 6.45) is 6.26. The highest BCUT2D eigenvalue weighted by molar-refractivity contribution is 7.89. The average Bonchev–Trinajstić information content (AvgIpc) is 3.31. The molecule has 2 bridgehead atoms. The molecule has 0 spiro atoms. The van der Waals surface area contributed by atoms with Gasteiger partial charge < -0.3 is 10.0 Å². The number of carbonyl (C=O) groups excluding carboxylic acids is 1. The number of phenols is 1. The molecular formula is C28H38N2O4S. The van der Waals surface area contributed by atoms with Gasteiger partial charge in [-0.3, -0.25) is 4.79 Å². The van der Waals surface area contributed by atoms with E-state index in [-0.39, 0.29) is 27.7 Å². The molecule has 2 atom stereocenters. The summed E-state index contributed by atoms with van der Waals surface area (Å²) in [5, 5.41) is 15.4. The number of aromatic hydroxyl groups is 1. The summed E-state index contributed by atoms with van der Waals surface area (Å²) in [6, 6.07) is 12.7. The molecule has 3 aliphatic rings. The minimum atomic E-state index is -3.53. The highest BCUT2D eigenvalue weighted by Gasteiger charge is 2.57. The number of carbonyl (C=O) groups is 1. The molecule has 3 N–H and O–H groups in total. The van der Waals surface area contributed by atoms with Crippen LogP contribution in [0.4, 0.5) is 0 Å². The van der Waals surface area contributed by atoms with Crippen molar-refractivity contribution in [1.82, 2.24) is 4.90 Å². The largest absolute Gasteiger partial charge is 0.508 e. The third-order valence-electron chi connectivity index (χ3n) is 9.01. The number of benzene rings is 2. The lowest BCUT2D eigenvalue weighted by molar-refractivity contribution is -0.148. The Labute approximate surface area is 209 Å². The normalized spacial score (nSPS) is 25.4. The van der Waals surface area contributed by atoms with Crippen LogP contribution in [-0.4, -0.2) is 36.9 Å². The summed E-state index contributed by atoms with van der Waals surface area (Å²) >= 11 is 0. The van der Waals surface area contributed by atoms with E-state index in [4.69, 9.17) is 5.14 Å². The van der Waals surface area contributed by atoms with Crippen LogP contribution in [0.3, 0.4) is 0 Å². The van der Waals surface area contributed by atoms with Gasteiger partial charge in [-0.1, -0.05) is 63.9 Å². The standard InChI is InChI=1S/C21H29NO2.C7H9NO2S/c1-20(2)18-13-15-16(9-6-10-17(15)23)21(20,3)11-12-22(18)19(24)14-7-4-5-8-14;1-6-4-2-3-5-7(6)11(8,9)10/h6,9-10,14,18,23H,4-5,7-8,11-13H2,1-3H3;2-5H,1H3,(H2,8,9,10)/t18-,21+;/m1./s1. The molecule has 1 aliphatic heterocycles. The maximum Gasteiger partial charge on any atom is 0.238 e. The maximum absolute atomic E-state index is 13.2. The van der Waals surface area contributed by atoms with Crippen LogP contribution in [0, 0.1) is 18.3 Å². The Bertz CT molecular complexity index is 1220. The van der Waals surface area contributed by atoms with Gasteiger partial charge in [-0.15, -0.1) is 0 Å². The quantitative estimate of drug-likeness (QED) is 0.628. The van der Waals surface area contributed by atoms with Crippen molar-refractivity contribution >= 4 is 15.9 Å². The SMILES string of the molecule is CC1(C)[C@H]2Cc3c(O)cccc3[C@]1(C)CCN2C(=O)C1CCCC1.Cc1ccccc1S(N)(=O)=O. The molecule has 1 heterocycles. The molecule has 5 rings (SSSR count). The van der Waals surface area contributed by atoms with Crippen molar-refractivity contribution in [2.45, 2.75) is 82.6 Å². The van der Waals surface area contributed by atoms with Crippen molar-refractivity contribution in [3.8, 4) is 5.75 Å². The van der Waals surface area contributed by atoms with E-state index < -0.39 is 10.0 Å². The first-order valence-electron chi connectivity index (χ1n) is 12.6. The van der Waals surface area contributed by atoms with Gasteiger partial charge in [0, 0.05) is 23.9 Å². The fourth-order valence-electron chi connectivity index (χ4n) is 6.47. The minimum absolute atomic E-state index is 0.0104. The summed E-state index contributed by atoms with van der Waals surface area (Å²) in [5.41, 5.74) is 3.05. The molecule has 0 aromatic heterocycles. The Balaban J connectivity index is 0.000000221. The van der Waals surface area contributed by atoms with E-state index in [1.807, 2.05) is 6.07 Å². The Morgan fingerprint density at radius 3 is 2.31 bits per heavy atom. The van der Waals surface area contributed by atoms with Crippen molar-refractivity contribution in [3.63, 3.8) is 0 Å². The van der Waals surface area contributed by atoms with E-state index in [2.05, 4.69) is 31.7 Å². The monoisotopic (exact) mass is 498 g/mol. The molecular weight excluding hydrogens is 460 g/mol. The molecule has 1 saturated carbocycles. The number of aryl methyl sites for hydroxylation is 1. The highest BCUT2D eigenvalue weighted by Crippen LogP contribution is 2.57. The molecule has 6 nitrogen and oxygen atoms in total. The average molecular weight is 499 g/mol. The Morgan fingerprint density at radius 1 is 1.06 bits per heavy atom. The molecule has 2 aromatic rings. The third kappa shape index (κ3) is 4.49. The van der Waals surface area contributed by atoms with Crippen LogP contribution >= 0.6 is 0 Å². The number of piperidine rings is 1. The molecule has 1 amide bonds. The van der Waals surface area contributed by atoms with E-state index in [1.165, 1.54) is 24.5 Å². The summed E-state index contributed by atoms with van der Waals surface area (Å²) in [4.78, 5) is 15.5. The number of sulfonamides is 1. The minimum Gasteiger partial charge on any atom is -0.508 e. The predicted molar refractivity (Wildman–Crippen MR) is 138 cm³/mol. The molecule has 2 fully saturated rings. The lowest BCUT2D eigenvalue weighted by atomic mass is 9.51. The van der Waals surface area contributed by atoms with Crippen LogP contribution in [0.25, 0.3) is 0 Å². The van der Waals surface area contributed by atoms with Crippen LogP contribution in [0.5, 0.6) is 5.75 Å². The van der Waals surface area contributed by atoms with Crippen LogP contribution in [0.1, 0.15) is 69.6 Å². The molecule has 1 saturated heterocycles. The first-order chi connectivity index (χ1) is 16.4. The van der Waals surface area contributed by atoms with E-state index in [9.17, 15) is 18.3 Å². The number of hydrogen-bond acceptors (Lipinski definition) is 4.